The van der Waals surface area contributed by atoms with Gasteiger partial charge in [-0.2, -0.15) is 0 Å². The first-order valence-electron chi connectivity index (χ1n) is 6.62. The number of carboxylic acids is 1. The molecule has 0 aromatic carbocycles. The SMILES string of the molecule is Cc1nc(NC(C)CN2CCCC2)ncc1C(=O)O. The number of aromatic nitrogens is 2. The zero-order valence-electron chi connectivity index (χ0n) is 11.4. The molecule has 19 heavy (non-hydrogen) atoms. The molecule has 2 N–H and O–H groups in total. The van der Waals surface area contributed by atoms with Crippen LogP contribution < -0.4 is 5.32 Å². The van der Waals surface area contributed by atoms with Gasteiger partial charge in [0.05, 0.1) is 11.3 Å². The molecule has 0 aliphatic carbocycles. The highest BCUT2D eigenvalue weighted by atomic mass is 16.4. The standard InChI is InChI=1S/C13H20N4O2/c1-9(8-17-5-3-4-6-17)15-13-14-7-11(12(18)19)10(2)16-13/h7,9H,3-6,8H2,1-2H3,(H,18,19)(H,14,15,16). The Bertz CT molecular complexity index is 458. The van der Waals surface area contributed by atoms with E-state index in [9.17, 15) is 4.79 Å². The molecule has 2 heterocycles. The lowest BCUT2D eigenvalue weighted by molar-refractivity contribution is 0.0695. The molecule has 104 valence electrons. The van der Waals surface area contributed by atoms with Gasteiger partial charge in [0.1, 0.15) is 0 Å². The monoisotopic (exact) mass is 264 g/mol. The van der Waals surface area contributed by atoms with Gasteiger partial charge < -0.3 is 15.3 Å². The number of carboxylic acid groups (broad SMARTS) is 1. The fourth-order valence-electron chi connectivity index (χ4n) is 2.37. The Labute approximate surface area is 112 Å². The Morgan fingerprint density at radius 3 is 2.79 bits per heavy atom. The van der Waals surface area contributed by atoms with Crippen LogP contribution in [-0.2, 0) is 0 Å². The minimum Gasteiger partial charge on any atom is -0.478 e. The van der Waals surface area contributed by atoms with Gasteiger partial charge in [0.25, 0.3) is 0 Å². The number of hydrogen-bond acceptors (Lipinski definition) is 5. The molecule has 6 heteroatoms. The maximum atomic E-state index is 10.9. The van der Waals surface area contributed by atoms with Gasteiger partial charge in [-0.15, -0.1) is 0 Å². The summed E-state index contributed by atoms with van der Waals surface area (Å²) in [6.45, 7) is 7.04. The zero-order valence-corrected chi connectivity index (χ0v) is 11.4. The lowest BCUT2D eigenvalue weighted by Crippen LogP contribution is -2.33. The molecule has 1 aromatic rings. The highest BCUT2D eigenvalue weighted by Gasteiger charge is 2.16. The van der Waals surface area contributed by atoms with E-state index in [1.165, 1.54) is 19.0 Å². The summed E-state index contributed by atoms with van der Waals surface area (Å²) in [5.74, 6) is -0.497. The fourth-order valence-corrected chi connectivity index (χ4v) is 2.37. The molecule has 0 spiro atoms. The molecule has 1 atom stereocenters. The lowest BCUT2D eigenvalue weighted by atomic mass is 10.2. The van der Waals surface area contributed by atoms with E-state index in [0.717, 1.165) is 19.6 Å². The van der Waals surface area contributed by atoms with Crippen molar-refractivity contribution in [2.75, 3.05) is 25.0 Å². The first kappa shape index (κ1) is 13.7. The number of carbonyl (C=O) groups is 1. The first-order chi connectivity index (χ1) is 9.06. The second kappa shape index (κ2) is 5.97. The zero-order chi connectivity index (χ0) is 13.8. The molecule has 1 aromatic heterocycles. The van der Waals surface area contributed by atoms with Crippen LogP contribution in [0.2, 0.25) is 0 Å². The predicted octanol–water partition coefficient (Wildman–Crippen LogP) is 1.38. The highest BCUT2D eigenvalue weighted by molar-refractivity contribution is 5.88. The van der Waals surface area contributed by atoms with E-state index in [1.807, 2.05) is 0 Å². The molecule has 0 radical (unpaired) electrons. The number of nitrogens with zero attached hydrogens (tertiary/aromatic N) is 3. The van der Waals surface area contributed by atoms with Gasteiger partial charge in [0.15, 0.2) is 0 Å². The van der Waals surface area contributed by atoms with Crippen molar-refractivity contribution in [2.24, 2.45) is 0 Å². The third kappa shape index (κ3) is 3.64. The average molecular weight is 264 g/mol. The second-order valence-corrected chi connectivity index (χ2v) is 5.05. The lowest BCUT2D eigenvalue weighted by Gasteiger charge is -2.21. The Hall–Kier alpha value is -1.69. The van der Waals surface area contributed by atoms with Crippen molar-refractivity contribution in [3.05, 3.63) is 17.5 Å². The van der Waals surface area contributed by atoms with Crippen molar-refractivity contribution < 1.29 is 9.90 Å². The van der Waals surface area contributed by atoms with E-state index >= 15 is 0 Å². The Kier molecular flexibility index (Phi) is 4.31. The molecule has 1 fully saturated rings. The summed E-state index contributed by atoms with van der Waals surface area (Å²) in [6.07, 6.45) is 3.90. The topological polar surface area (TPSA) is 78.4 Å². The van der Waals surface area contributed by atoms with E-state index in [1.54, 1.807) is 6.92 Å². The number of aryl methyl sites for hydroxylation is 1. The van der Waals surface area contributed by atoms with Crippen molar-refractivity contribution in [3.8, 4) is 0 Å². The van der Waals surface area contributed by atoms with E-state index in [2.05, 4.69) is 27.1 Å². The summed E-state index contributed by atoms with van der Waals surface area (Å²) in [5.41, 5.74) is 0.635. The molecular weight excluding hydrogens is 244 g/mol. The van der Waals surface area contributed by atoms with Crippen LogP contribution >= 0.6 is 0 Å². The van der Waals surface area contributed by atoms with Crippen LogP contribution in [0.15, 0.2) is 6.20 Å². The predicted molar refractivity (Wildman–Crippen MR) is 72.5 cm³/mol. The largest absolute Gasteiger partial charge is 0.478 e. The Morgan fingerprint density at radius 2 is 2.21 bits per heavy atom. The third-order valence-electron chi connectivity index (χ3n) is 3.32. The molecule has 0 saturated carbocycles. The van der Waals surface area contributed by atoms with E-state index < -0.39 is 5.97 Å². The number of nitrogens with one attached hydrogen (secondary N) is 1. The molecule has 1 saturated heterocycles. The molecule has 1 unspecified atom stereocenters. The first-order valence-corrected chi connectivity index (χ1v) is 6.62. The van der Waals surface area contributed by atoms with Crippen molar-refractivity contribution in [3.63, 3.8) is 0 Å². The number of likely N-dealkylation sites (tertiary alicyclic amines) is 1. The third-order valence-corrected chi connectivity index (χ3v) is 3.32. The van der Waals surface area contributed by atoms with E-state index in [4.69, 9.17) is 5.11 Å². The summed E-state index contributed by atoms with van der Waals surface area (Å²) < 4.78 is 0. The minimum atomic E-state index is -0.992. The van der Waals surface area contributed by atoms with Crippen LogP contribution in [0.3, 0.4) is 0 Å². The molecular formula is C13H20N4O2. The summed E-state index contributed by atoms with van der Waals surface area (Å²) in [6, 6.07) is 0.244. The van der Waals surface area contributed by atoms with Crippen LogP contribution in [0, 0.1) is 6.92 Å². The number of anilines is 1. The van der Waals surface area contributed by atoms with Gasteiger partial charge in [-0.25, -0.2) is 14.8 Å². The van der Waals surface area contributed by atoms with E-state index in [0.29, 0.717) is 11.6 Å². The number of rotatable bonds is 5. The van der Waals surface area contributed by atoms with E-state index in [-0.39, 0.29) is 11.6 Å². The Balaban J connectivity index is 1.94. The average Bonchev–Trinajstić information content (AvgIpc) is 2.81. The van der Waals surface area contributed by atoms with Gasteiger partial charge in [0.2, 0.25) is 5.95 Å². The molecule has 0 amide bonds. The van der Waals surface area contributed by atoms with Crippen molar-refractivity contribution in [2.45, 2.75) is 32.7 Å². The van der Waals surface area contributed by atoms with Crippen LogP contribution in [0.1, 0.15) is 35.8 Å². The fraction of sp³-hybridized carbons (Fsp3) is 0.615. The van der Waals surface area contributed by atoms with Crippen LogP contribution in [0.5, 0.6) is 0 Å². The Morgan fingerprint density at radius 1 is 1.53 bits per heavy atom. The smallest absolute Gasteiger partial charge is 0.339 e. The molecule has 2 rings (SSSR count). The van der Waals surface area contributed by atoms with Crippen LogP contribution in [0.25, 0.3) is 0 Å². The molecule has 6 nitrogen and oxygen atoms in total. The summed E-state index contributed by atoms with van der Waals surface area (Å²) >= 11 is 0. The highest BCUT2D eigenvalue weighted by Crippen LogP contribution is 2.11. The van der Waals surface area contributed by atoms with Crippen LogP contribution in [0.4, 0.5) is 5.95 Å². The maximum Gasteiger partial charge on any atom is 0.339 e. The molecule has 0 bridgehead atoms. The van der Waals surface area contributed by atoms with Gasteiger partial charge in [0, 0.05) is 18.8 Å². The number of hydrogen-bond donors (Lipinski definition) is 2. The summed E-state index contributed by atoms with van der Waals surface area (Å²) in [5, 5.41) is 12.1. The van der Waals surface area contributed by atoms with Crippen molar-refractivity contribution >= 4 is 11.9 Å². The molecule has 1 aliphatic heterocycles. The molecule has 1 aliphatic rings. The summed E-state index contributed by atoms with van der Waals surface area (Å²) in [7, 11) is 0. The van der Waals surface area contributed by atoms with Crippen LogP contribution in [-0.4, -0.2) is 51.6 Å². The minimum absolute atomic E-state index is 0.151. The summed E-state index contributed by atoms with van der Waals surface area (Å²) in [4.78, 5) is 21.5. The normalized spacial score (nSPS) is 17.4. The van der Waals surface area contributed by atoms with Gasteiger partial charge in [-0.05, 0) is 39.8 Å². The van der Waals surface area contributed by atoms with Gasteiger partial charge in [-0.1, -0.05) is 0 Å². The number of aromatic carboxylic acids is 1. The van der Waals surface area contributed by atoms with Gasteiger partial charge >= 0.3 is 5.97 Å². The maximum absolute atomic E-state index is 10.9. The second-order valence-electron chi connectivity index (χ2n) is 5.05. The van der Waals surface area contributed by atoms with Crippen molar-refractivity contribution in [1.29, 1.82) is 0 Å². The van der Waals surface area contributed by atoms with Crippen molar-refractivity contribution in [1.82, 2.24) is 14.9 Å². The van der Waals surface area contributed by atoms with Gasteiger partial charge in [-0.3, -0.25) is 0 Å². The quantitative estimate of drug-likeness (QED) is 0.836.